The first kappa shape index (κ1) is 17.8. The zero-order valence-electron chi connectivity index (χ0n) is 14.3. The average Bonchev–Trinajstić information content (AvgIpc) is 3.08. The third-order valence-corrected chi connectivity index (χ3v) is 4.85. The Kier molecular flexibility index (Phi) is 6.33. The van der Waals surface area contributed by atoms with E-state index in [0.29, 0.717) is 11.1 Å². The predicted octanol–water partition coefficient (Wildman–Crippen LogP) is 3.93. The van der Waals surface area contributed by atoms with Crippen LogP contribution in [0.25, 0.3) is 0 Å². The van der Waals surface area contributed by atoms with Crippen molar-refractivity contribution >= 4 is 17.7 Å². The van der Waals surface area contributed by atoms with Crippen LogP contribution in [-0.4, -0.2) is 28.0 Å². The number of aromatic nitrogens is 2. The van der Waals surface area contributed by atoms with Crippen LogP contribution in [0.15, 0.2) is 33.9 Å². The number of carbonyl (C=O) groups excluding carboxylic acids is 1. The van der Waals surface area contributed by atoms with Gasteiger partial charge in [-0.1, -0.05) is 36.4 Å². The number of nitrogens with zero attached hydrogens (tertiary/aromatic N) is 2. The highest BCUT2D eigenvalue weighted by atomic mass is 32.2. The summed E-state index contributed by atoms with van der Waals surface area (Å²) >= 11 is 1.19. The highest BCUT2D eigenvalue weighted by Crippen LogP contribution is 2.23. The smallest absolute Gasteiger partial charge is 0.316 e. The number of hydrogen-bond donors (Lipinski definition) is 0. The second kappa shape index (κ2) is 8.89. The summed E-state index contributed by atoms with van der Waals surface area (Å²) in [6, 6.07) is 7.73. The van der Waals surface area contributed by atoms with Crippen molar-refractivity contribution in [2.75, 3.05) is 5.75 Å². The third-order valence-electron chi connectivity index (χ3n) is 4.06. The summed E-state index contributed by atoms with van der Waals surface area (Å²) in [5.74, 6) is 1.11. The van der Waals surface area contributed by atoms with Gasteiger partial charge in [-0.05, 0) is 44.2 Å². The van der Waals surface area contributed by atoms with Gasteiger partial charge >= 0.3 is 5.97 Å². The Balaban J connectivity index is 1.42. The largest absolute Gasteiger partial charge is 0.484 e. The standard InChI is InChI=1S/C18H22N2O4S/c1-13-7-5-6-10-15(13)22-11-16-19-20-18(24-16)25-12-17(21)23-14-8-3-2-4-9-14/h5-7,10,14H,2-4,8-9,11-12H2,1H3. The summed E-state index contributed by atoms with van der Waals surface area (Å²) in [6.07, 6.45) is 5.52. The molecule has 1 fully saturated rings. The lowest BCUT2D eigenvalue weighted by Crippen LogP contribution is -2.21. The Morgan fingerprint density at radius 2 is 2.04 bits per heavy atom. The molecule has 0 aliphatic heterocycles. The maximum atomic E-state index is 11.9. The zero-order valence-corrected chi connectivity index (χ0v) is 15.1. The first-order chi connectivity index (χ1) is 12.2. The molecular weight excluding hydrogens is 340 g/mol. The summed E-state index contributed by atoms with van der Waals surface area (Å²) in [5, 5.41) is 8.22. The number of aryl methyl sites for hydroxylation is 1. The SMILES string of the molecule is Cc1ccccc1OCc1nnc(SCC(=O)OC2CCCCC2)o1. The number of esters is 1. The van der Waals surface area contributed by atoms with E-state index in [2.05, 4.69) is 10.2 Å². The zero-order chi connectivity index (χ0) is 17.5. The number of rotatable bonds is 7. The fraction of sp³-hybridized carbons (Fsp3) is 0.500. The number of carbonyl (C=O) groups is 1. The van der Waals surface area contributed by atoms with E-state index in [0.717, 1.165) is 37.0 Å². The summed E-state index contributed by atoms with van der Waals surface area (Å²) in [5.41, 5.74) is 1.04. The van der Waals surface area contributed by atoms with Crippen LogP contribution >= 0.6 is 11.8 Å². The highest BCUT2D eigenvalue weighted by Gasteiger charge is 2.18. The van der Waals surface area contributed by atoms with E-state index in [1.807, 2.05) is 31.2 Å². The van der Waals surface area contributed by atoms with E-state index in [1.54, 1.807) is 0 Å². The number of thioether (sulfide) groups is 1. The predicted molar refractivity (Wildman–Crippen MR) is 93.5 cm³/mol. The van der Waals surface area contributed by atoms with Gasteiger partial charge < -0.3 is 13.9 Å². The van der Waals surface area contributed by atoms with E-state index < -0.39 is 0 Å². The molecule has 0 N–H and O–H groups in total. The number of benzene rings is 1. The maximum absolute atomic E-state index is 11.9. The molecule has 1 aliphatic carbocycles. The molecule has 0 amide bonds. The van der Waals surface area contributed by atoms with E-state index >= 15 is 0 Å². The van der Waals surface area contributed by atoms with Gasteiger partial charge in [-0.2, -0.15) is 0 Å². The minimum absolute atomic E-state index is 0.0719. The Labute approximate surface area is 151 Å². The molecule has 3 rings (SSSR count). The molecule has 0 saturated heterocycles. The molecule has 1 saturated carbocycles. The van der Waals surface area contributed by atoms with Gasteiger partial charge in [0.25, 0.3) is 11.1 Å². The maximum Gasteiger partial charge on any atom is 0.316 e. The molecule has 0 bridgehead atoms. The molecule has 2 aromatic rings. The lowest BCUT2D eigenvalue weighted by molar-refractivity contribution is -0.147. The van der Waals surface area contributed by atoms with E-state index in [1.165, 1.54) is 18.2 Å². The molecule has 1 aromatic carbocycles. The van der Waals surface area contributed by atoms with Crippen molar-refractivity contribution in [1.29, 1.82) is 0 Å². The van der Waals surface area contributed by atoms with Crippen molar-refractivity contribution in [3.05, 3.63) is 35.7 Å². The van der Waals surface area contributed by atoms with Crippen molar-refractivity contribution in [3.63, 3.8) is 0 Å². The van der Waals surface area contributed by atoms with Gasteiger partial charge in [0.1, 0.15) is 17.6 Å². The Bertz CT molecular complexity index is 698. The number of hydrogen-bond acceptors (Lipinski definition) is 7. The molecule has 0 unspecified atom stereocenters. The molecule has 7 heteroatoms. The van der Waals surface area contributed by atoms with Crippen LogP contribution in [0.3, 0.4) is 0 Å². The molecule has 0 radical (unpaired) electrons. The lowest BCUT2D eigenvalue weighted by Gasteiger charge is -2.21. The van der Waals surface area contributed by atoms with Gasteiger partial charge in [0.05, 0.1) is 0 Å². The first-order valence-corrected chi connectivity index (χ1v) is 9.52. The fourth-order valence-electron chi connectivity index (χ4n) is 2.74. The molecule has 0 atom stereocenters. The van der Waals surface area contributed by atoms with Crippen molar-refractivity contribution in [3.8, 4) is 5.75 Å². The quantitative estimate of drug-likeness (QED) is 0.546. The van der Waals surface area contributed by atoms with Crippen LogP contribution in [0.4, 0.5) is 0 Å². The number of para-hydroxylation sites is 1. The van der Waals surface area contributed by atoms with Crippen molar-refractivity contribution < 1.29 is 18.7 Å². The first-order valence-electron chi connectivity index (χ1n) is 8.54. The third kappa shape index (κ3) is 5.49. The van der Waals surface area contributed by atoms with Gasteiger partial charge in [-0.25, -0.2) is 0 Å². The van der Waals surface area contributed by atoms with Crippen LogP contribution in [0, 0.1) is 6.92 Å². The Hall–Kier alpha value is -2.02. The molecule has 25 heavy (non-hydrogen) atoms. The van der Waals surface area contributed by atoms with Crippen LogP contribution < -0.4 is 4.74 Å². The van der Waals surface area contributed by atoms with Crippen molar-refractivity contribution in [2.45, 2.75) is 57.0 Å². The van der Waals surface area contributed by atoms with E-state index in [9.17, 15) is 4.79 Å². The average molecular weight is 362 g/mol. The Morgan fingerprint density at radius 1 is 1.24 bits per heavy atom. The Morgan fingerprint density at radius 3 is 2.84 bits per heavy atom. The monoisotopic (exact) mass is 362 g/mol. The summed E-state index contributed by atoms with van der Waals surface area (Å²) < 4.78 is 16.6. The molecule has 6 nitrogen and oxygen atoms in total. The highest BCUT2D eigenvalue weighted by molar-refractivity contribution is 7.99. The van der Waals surface area contributed by atoms with Crippen molar-refractivity contribution in [1.82, 2.24) is 10.2 Å². The topological polar surface area (TPSA) is 74.5 Å². The van der Waals surface area contributed by atoms with Gasteiger partial charge in [0.2, 0.25) is 0 Å². The summed E-state index contributed by atoms with van der Waals surface area (Å²) in [7, 11) is 0. The minimum atomic E-state index is -0.229. The van der Waals surface area contributed by atoms with Gasteiger partial charge in [0, 0.05) is 0 Å². The van der Waals surface area contributed by atoms with Crippen molar-refractivity contribution in [2.24, 2.45) is 0 Å². The molecule has 1 aromatic heterocycles. The van der Waals surface area contributed by atoms with E-state index in [-0.39, 0.29) is 24.4 Å². The molecule has 0 spiro atoms. The summed E-state index contributed by atoms with van der Waals surface area (Å²) in [4.78, 5) is 11.9. The lowest BCUT2D eigenvalue weighted by atomic mass is 9.98. The number of ether oxygens (including phenoxy) is 2. The molecule has 1 aliphatic rings. The summed E-state index contributed by atoms with van der Waals surface area (Å²) in [6.45, 7) is 2.17. The van der Waals surface area contributed by atoms with Gasteiger partial charge in [-0.15, -0.1) is 10.2 Å². The van der Waals surface area contributed by atoms with Crippen LogP contribution in [0.5, 0.6) is 5.75 Å². The van der Waals surface area contributed by atoms with Crippen LogP contribution in [0.2, 0.25) is 0 Å². The second-order valence-electron chi connectivity index (χ2n) is 6.05. The van der Waals surface area contributed by atoms with Crippen LogP contribution in [0.1, 0.15) is 43.6 Å². The van der Waals surface area contributed by atoms with Gasteiger partial charge in [0.15, 0.2) is 6.61 Å². The van der Waals surface area contributed by atoms with E-state index in [4.69, 9.17) is 13.9 Å². The molecule has 1 heterocycles. The minimum Gasteiger partial charge on any atom is -0.484 e. The fourth-order valence-corrected chi connectivity index (χ4v) is 3.30. The molecule has 134 valence electrons. The van der Waals surface area contributed by atoms with Gasteiger partial charge in [-0.3, -0.25) is 4.79 Å². The normalized spacial score (nSPS) is 15.1. The second-order valence-corrected chi connectivity index (χ2v) is 6.98. The molecular formula is C18H22N2O4S. The van der Waals surface area contributed by atoms with Crippen LogP contribution in [-0.2, 0) is 16.1 Å².